The van der Waals surface area contributed by atoms with Gasteiger partial charge in [0.2, 0.25) is 0 Å². The molecule has 0 radical (unpaired) electrons. The van der Waals surface area contributed by atoms with Crippen LogP contribution < -0.4 is 29.0 Å². The number of hydrogen-bond donors (Lipinski definition) is 1. The number of ether oxygens (including phenoxy) is 5. The zero-order valence-corrected chi connectivity index (χ0v) is 21.9. The lowest BCUT2D eigenvalue weighted by atomic mass is 9.92. The number of nitrogens with zero attached hydrogens (tertiary/aromatic N) is 1. The van der Waals surface area contributed by atoms with Crippen molar-refractivity contribution in [1.82, 2.24) is 4.90 Å². The zero-order valence-electron chi connectivity index (χ0n) is 21.1. The van der Waals surface area contributed by atoms with Crippen LogP contribution in [0.25, 0.3) is 0 Å². The molecule has 8 heteroatoms. The molecule has 0 fully saturated rings. The highest BCUT2D eigenvalue weighted by molar-refractivity contribution is 7.80. The summed E-state index contributed by atoms with van der Waals surface area (Å²) in [4.78, 5) is 2.17. The maximum Gasteiger partial charge on any atom is 0.174 e. The minimum atomic E-state index is -0.127. The normalized spacial score (nSPS) is 14.4. The minimum Gasteiger partial charge on any atom is -0.497 e. The van der Waals surface area contributed by atoms with Crippen molar-refractivity contribution in [2.45, 2.75) is 19.4 Å². The third-order valence-electron chi connectivity index (χ3n) is 6.15. The van der Waals surface area contributed by atoms with E-state index >= 15 is 0 Å². The number of fused-ring (bicyclic) bond motifs is 1. The molecule has 0 bridgehead atoms. The maximum absolute atomic E-state index is 6.23. The number of benzene rings is 3. The third-order valence-corrected chi connectivity index (χ3v) is 6.48. The van der Waals surface area contributed by atoms with Crippen molar-refractivity contribution >= 4 is 23.0 Å². The lowest BCUT2D eigenvalue weighted by Crippen LogP contribution is -2.44. The highest BCUT2D eigenvalue weighted by Crippen LogP contribution is 2.39. The molecular formula is C28H32N2O5S. The van der Waals surface area contributed by atoms with Crippen LogP contribution in [0.5, 0.6) is 28.7 Å². The second-order valence-electron chi connectivity index (χ2n) is 8.24. The number of anilines is 1. The maximum atomic E-state index is 6.23. The van der Waals surface area contributed by atoms with Crippen molar-refractivity contribution in [3.63, 3.8) is 0 Å². The Morgan fingerprint density at radius 2 is 1.47 bits per heavy atom. The molecule has 190 valence electrons. The SMILES string of the molecule is CCOc1ccc(NC(=S)N2CCc3cc(OC)c(OC)cc3[C@@H]2COc2ccc(OC)cc2)cc1. The highest BCUT2D eigenvalue weighted by Gasteiger charge is 2.31. The molecule has 1 N–H and O–H groups in total. The van der Waals surface area contributed by atoms with E-state index in [1.54, 1.807) is 21.3 Å². The first-order valence-corrected chi connectivity index (χ1v) is 12.3. The molecule has 1 atom stereocenters. The van der Waals surface area contributed by atoms with Gasteiger partial charge in [0, 0.05) is 12.2 Å². The van der Waals surface area contributed by atoms with Gasteiger partial charge in [-0.25, -0.2) is 0 Å². The molecule has 1 heterocycles. The first-order chi connectivity index (χ1) is 17.6. The van der Waals surface area contributed by atoms with Gasteiger partial charge in [0.05, 0.1) is 34.0 Å². The van der Waals surface area contributed by atoms with Crippen LogP contribution in [0.3, 0.4) is 0 Å². The summed E-state index contributed by atoms with van der Waals surface area (Å²) in [5, 5.41) is 4.01. The van der Waals surface area contributed by atoms with Crippen LogP contribution in [0.2, 0.25) is 0 Å². The van der Waals surface area contributed by atoms with Crippen LogP contribution >= 0.6 is 12.2 Å². The second-order valence-corrected chi connectivity index (χ2v) is 8.63. The number of nitrogens with one attached hydrogen (secondary N) is 1. The Hall–Kier alpha value is -3.65. The smallest absolute Gasteiger partial charge is 0.174 e. The predicted molar refractivity (Wildman–Crippen MR) is 145 cm³/mol. The molecule has 0 aromatic heterocycles. The number of rotatable bonds is 9. The molecule has 0 saturated carbocycles. The van der Waals surface area contributed by atoms with Crippen molar-refractivity contribution < 1.29 is 23.7 Å². The Labute approximate surface area is 217 Å². The Kier molecular flexibility index (Phi) is 8.38. The van der Waals surface area contributed by atoms with E-state index in [9.17, 15) is 0 Å². The molecule has 0 saturated heterocycles. The lowest BCUT2D eigenvalue weighted by molar-refractivity contribution is 0.190. The standard InChI is InChI=1S/C28H32N2O5S/c1-5-34-22-8-6-20(7-9-22)29-28(36)30-15-14-19-16-26(32-3)27(33-4)17-24(19)25(30)18-35-23-12-10-21(31-2)11-13-23/h6-13,16-17,25H,5,14-15,18H2,1-4H3,(H,29,36)/t25-/m0/s1. The average molecular weight is 509 g/mol. The van der Waals surface area contributed by atoms with Crippen molar-refractivity contribution in [1.29, 1.82) is 0 Å². The number of hydrogen-bond acceptors (Lipinski definition) is 6. The second kappa shape index (κ2) is 11.9. The predicted octanol–water partition coefficient (Wildman–Crippen LogP) is 5.49. The number of methoxy groups -OCH3 is 3. The first kappa shape index (κ1) is 25.4. The van der Waals surface area contributed by atoms with E-state index in [1.807, 2.05) is 61.5 Å². The topological polar surface area (TPSA) is 61.4 Å². The van der Waals surface area contributed by atoms with E-state index < -0.39 is 0 Å². The summed E-state index contributed by atoms with van der Waals surface area (Å²) in [6, 6.07) is 19.3. The molecular weight excluding hydrogens is 476 g/mol. The van der Waals surface area contributed by atoms with Gasteiger partial charge in [0.15, 0.2) is 16.6 Å². The van der Waals surface area contributed by atoms with Crippen molar-refractivity contribution in [3.8, 4) is 28.7 Å². The van der Waals surface area contributed by atoms with E-state index in [0.29, 0.717) is 24.1 Å². The molecule has 3 aromatic rings. The fourth-order valence-corrected chi connectivity index (χ4v) is 4.63. The molecule has 0 spiro atoms. The summed E-state index contributed by atoms with van der Waals surface area (Å²) < 4.78 is 28.2. The van der Waals surface area contributed by atoms with Gasteiger partial charge in [-0.3, -0.25) is 0 Å². The fourth-order valence-electron chi connectivity index (χ4n) is 4.29. The quantitative estimate of drug-likeness (QED) is 0.381. The molecule has 7 nitrogen and oxygen atoms in total. The van der Waals surface area contributed by atoms with Gasteiger partial charge in [-0.2, -0.15) is 0 Å². The van der Waals surface area contributed by atoms with Crippen LogP contribution in [-0.2, 0) is 6.42 Å². The fraction of sp³-hybridized carbons (Fsp3) is 0.321. The summed E-state index contributed by atoms with van der Waals surface area (Å²) >= 11 is 5.88. The molecule has 36 heavy (non-hydrogen) atoms. The molecule has 1 aliphatic heterocycles. The largest absolute Gasteiger partial charge is 0.497 e. The zero-order chi connectivity index (χ0) is 25.5. The summed E-state index contributed by atoms with van der Waals surface area (Å²) in [6.45, 7) is 3.73. The summed E-state index contributed by atoms with van der Waals surface area (Å²) in [7, 11) is 4.94. The molecule has 0 unspecified atom stereocenters. The monoisotopic (exact) mass is 508 g/mol. The van der Waals surface area contributed by atoms with Gasteiger partial charge in [0.1, 0.15) is 23.9 Å². The number of thiocarbonyl (C=S) groups is 1. The van der Waals surface area contributed by atoms with Crippen molar-refractivity contribution in [2.24, 2.45) is 0 Å². The van der Waals surface area contributed by atoms with Gasteiger partial charge < -0.3 is 33.9 Å². The van der Waals surface area contributed by atoms with Gasteiger partial charge in [-0.05, 0) is 97.4 Å². The molecule has 1 aliphatic rings. The molecule has 3 aromatic carbocycles. The van der Waals surface area contributed by atoms with Crippen LogP contribution in [0, 0.1) is 0 Å². The summed E-state index contributed by atoms with van der Waals surface area (Å²) in [5.41, 5.74) is 3.19. The van der Waals surface area contributed by atoms with Gasteiger partial charge in [-0.1, -0.05) is 0 Å². The molecule has 0 aliphatic carbocycles. The van der Waals surface area contributed by atoms with Crippen LogP contribution in [0.15, 0.2) is 60.7 Å². The van der Waals surface area contributed by atoms with E-state index in [2.05, 4.69) is 16.3 Å². The third kappa shape index (κ3) is 5.76. The van der Waals surface area contributed by atoms with E-state index in [-0.39, 0.29) is 6.04 Å². The van der Waals surface area contributed by atoms with E-state index in [4.69, 9.17) is 35.9 Å². The van der Waals surface area contributed by atoms with Crippen molar-refractivity contribution in [2.75, 3.05) is 46.4 Å². The molecule has 0 amide bonds. The molecule has 4 rings (SSSR count). The van der Waals surface area contributed by atoms with Gasteiger partial charge in [-0.15, -0.1) is 0 Å². The lowest BCUT2D eigenvalue weighted by Gasteiger charge is -2.39. The van der Waals surface area contributed by atoms with E-state index in [1.165, 1.54) is 5.56 Å². The Bertz CT molecular complexity index is 1170. The van der Waals surface area contributed by atoms with Gasteiger partial charge in [0.25, 0.3) is 0 Å². The summed E-state index contributed by atoms with van der Waals surface area (Å²) in [5.74, 6) is 3.76. The average Bonchev–Trinajstić information content (AvgIpc) is 2.92. The summed E-state index contributed by atoms with van der Waals surface area (Å²) in [6.07, 6.45) is 0.819. The van der Waals surface area contributed by atoms with Crippen LogP contribution in [-0.4, -0.2) is 51.1 Å². The Balaban J connectivity index is 1.59. The Morgan fingerprint density at radius 3 is 2.11 bits per heavy atom. The van der Waals surface area contributed by atoms with Gasteiger partial charge >= 0.3 is 0 Å². The van der Waals surface area contributed by atoms with Crippen molar-refractivity contribution in [3.05, 3.63) is 71.8 Å². The van der Waals surface area contributed by atoms with Crippen LogP contribution in [0.4, 0.5) is 5.69 Å². The first-order valence-electron chi connectivity index (χ1n) is 11.9. The van der Waals surface area contributed by atoms with E-state index in [0.717, 1.165) is 47.2 Å². The Morgan fingerprint density at radius 1 is 0.861 bits per heavy atom. The minimum absolute atomic E-state index is 0.127. The highest BCUT2D eigenvalue weighted by atomic mass is 32.1. The van der Waals surface area contributed by atoms with Crippen LogP contribution in [0.1, 0.15) is 24.1 Å².